The number of hydrogen-bond donors (Lipinski definition) is 0. The highest BCUT2D eigenvalue weighted by Gasteiger charge is 2.17. The van der Waals surface area contributed by atoms with Crippen molar-refractivity contribution in [3.63, 3.8) is 0 Å². The van der Waals surface area contributed by atoms with Gasteiger partial charge < -0.3 is 9.47 Å². The number of alkyl halides is 1. The van der Waals surface area contributed by atoms with Gasteiger partial charge in [-0.1, -0.05) is 46.3 Å². The van der Waals surface area contributed by atoms with E-state index in [2.05, 4.69) is 52.3 Å². The Balaban J connectivity index is 1.93. The van der Waals surface area contributed by atoms with Crippen molar-refractivity contribution in [1.82, 2.24) is 0 Å². The molecule has 100 valence electrons. The van der Waals surface area contributed by atoms with Gasteiger partial charge >= 0.3 is 0 Å². The van der Waals surface area contributed by atoms with Gasteiger partial charge in [0, 0.05) is 17.5 Å². The zero-order valence-corrected chi connectivity index (χ0v) is 12.4. The molecule has 1 aliphatic rings. The Hall–Kier alpha value is -1.06. The van der Waals surface area contributed by atoms with Crippen molar-refractivity contribution in [3.8, 4) is 5.75 Å². The van der Waals surface area contributed by atoms with E-state index in [0.717, 1.165) is 30.5 Å². The van der Waals surface area contributed by atoms with Crippen LogP contribution in [0.2, 0.25) is 0 Å². The maximum atomic E-state index is 6.13. The fourth-order valence-electron chi connectivity index (χ4n) is 2.55. The van der Waals surface area contributed by atoms with Crippen LogP contribution in [0.25, 0.3) is 10.8 Å². The van der Waals surface area contributed by atoms with Crippen LogP contribution in [0.4, 0.5) is 0 Å². The lowest BCUT2D eigenvalue weighted by atomic mass is 10.0. The largest absolute Gasteiger partial charge is 0.488 e. The van der Waals surface area contributed by atoms with E-state index >= 15 is 0 Å². The average molecular weight is 321 g/mol. The van der Waals surface area contributed by atoms with Crippen LogP contribution in [0.3, 0.4) is 0 Å². The van der Waals surface area contributed by atoms with E-state index in [1.807, 2.05) is 0 Å². The Labute approximate surface area is 121 Å². The molecule has 2 nitrogen and oxygen atoms in total. The van der Waals surface area contributed by atoms with E-state index in [1.165, 1.54) is 16.3 Å². The number of fused-ring (bicyclic) bond motifs is 1. The number of hydrogen-bond acceptors (Lipinski definition) is 2. The van der Waals surface area contributed by atoms with E-state index in [-0.39, 0.29) is 6.10 Å². The lowest BCUT2D eigenvalue weighted by molar-refractivity contribution is 0.00720. The molecule has 1 unspecified atom stereocenters. The summed E-state index contributed by atoms with van der Waals surface area (Å²) in [6.45, 7) is 1.57. The molecule has 0 saturated carbocycles. The number of benzene rings is 2. The summed E-state index contributed by atoms with van der Waals surface area (Å²) in [5.74, 6) is 0.978. The second-order valence-corrected chi connectivity index (χ2v) is 5.41. The molecular weight excluding hydrogens is 304 g/mol. The highest BCUT2D eigenvalue weighted by molar-refractivity contribution is 9.08. The van der Waals surface area contributed by atoms with Crippen molar-refractivity contribution < 1.29 is 9.47 Å². The van der Waals surface area contributed by atoms with Gasteiger partial charge in [-0.25, -0.2) is 0 Å². The van der Waals surface area contributed by atoms with Gasteiger partial charge in [0.05, 0.1) is 6.61 Å². The minimum atomic E-state index is 0.188. The van der Waals surface area contributed by atoms with E-state index < -0.39 is 0 Å². The summed E-state index contributed by atoms with van der Waals surface area (Å²) in [5, 5.41) is 3.31. The molecule has 19 heavy (non-hydrogen) atoms. The predicted octanol–water partition coefficient (Wildman–Crippen LogP) is 4.29. The van der Waals surface area contributed by atoms with Gasteiger partial charge in [-0.2, -0.15) is 0 Å². The Morgan fingerprint density at radius 2 is 2.11 bits per heavy atom. The summed E-state index contributed by atoms with van der Waals surface area (Å²) in [4.78, 5) is 0. The SMILES string of the molecule is BrCc1c(OC2CCCOC2)ccc2ccccc12. The first-order valence-electron chi connectivity index (χ1n) is 6.69. The maximum absolute atomic E-state index is 6.13. The third kappa shape index (κ3) is 2.77. The summed E-state index contributed by atoms with van der Waals surface area (Å²) in [5.41, 5.74) is 1.23. The standard InChI is InChI=1S/C16H17BrO2/c17-10-15-14-6-2-1-4-12(14)7-8-16(15)19-13-5-3-9-18-11-13/h1-2,4,6-8,13H,3,5,9-11H2. The molecule has 0 spiro atoms. The Kier molecular flexibility index (Phi) is 4.04. The molecule has 0 N–H and O–H groups in total. The molecule has 0 bridgehead atoms. The van der Waals surface area contributed by atoms with Gasteiger partial charge in [0.1, 0.15) is 11.9 Å². The lowest BCUT2D eigenvalue weighted by Crippen LogP contribution is -2.28. The molecule has 0 radical (unpaired) electrons. The number of ether oxygens (including phenoxy) is 2. The maximum Gasteiger partial charge on any atom is 0.124 e. The van der Waals surface area contributed by atoms with Gasteiger partial charge in [-0.3, -0.25) is 0 Å². The van der Waals surface area contributed by atoms with Crippen LogP contribution in [0.1, 0.15) is 18.4 Å². The molecular formula is C16H17BrO2. The monoisotopic (exact) mass is 320 g/mol. The second kappa shape index (κ2) is 5.93. The van der Waals surface area contributed by atoms with Crippen molar-refractivity contribution in [2.24, 2.45) is 0 Å². The first kappa shape index (κ1) is 12.9. The third-order valence-electron chi connectivity index (χ3n) is 3.54. The fraction of sp³-hybridized carbons (Fsp3) is 0.375. The molecule has 1 saturated heterocycles. The summed E-state index contributed by atoms with van der Waals surface area (Å²) in [6, 6.07) is 12.6. The number of rotatable bonds is 3. The average Bonchev–Trinajstić information content (AvgIpc) is 2.48. The summed E-state index contributed by atoms with van der Waals surface area (Å²) in [7, 11) is 0. The Morgan fingerprint density at radius 1 is 1.21 bits per heavy atom. The Morgan fingerprint density at radius 3 is 2.89 bits per heavy atom. The molecule has 0 aromatic heterocycles. The van der Waals surface area contributed by atoms with Crippen molar-refractivity contribution in [2.75, 3.05) is 13.2 Å². The van der Waals surface area contributed by atoms with Crippen molar-refractivity contribution in [3.05, 3.63) is 42.0 Å². The summed E-state index contributed by atoms with van der Waals surface area (Å²) >= 11 is 3.58. The van der Waals surface area contributed by atoms with Gasteiger partial charge in [0.25, 0.3) is 0 Å². The summed E-state index contributed by atoms with van der Waals surface area (Å²) < 4.78 is 11.6. The van der Waals surface area contributed by atoms with Crippen LogP contribution >= 0.6 is 15.9 Å². The van der Waals surface area contributed by atoms with E-state index in [9.17, 15) is 0 Å². The first-order valence-corrected chi connectivity index (χ1v) is 7.81. The smallest absolute Gasteiger partial charge is 0.124 e. The van der Waals surface area contributed by atoms with E-state index in [1.54, 1.807) is 0 Å². The molecule has 1 aliphatic heterocycles. The molecule has 0 amide bonds. The minimum absolute atomic E-state index is 0.188. The van der Waals surface area contributed by atoms with Crippen molar-refractivity contribution >= 4 is 26.7 Å². The third-order valence-corrected chi connectivity index (χ3v) is 4.10. The zero-order valence-electron chi connectivity index (χ0n) is 10.8. The molecule has 3 rings (SSSR count). The molecule has 1 heterocycles. The first-order chi connectivity index (χ1) is 9.38. The zero-order chi connectivity index (χ0) is 13.1. The van der Waals surface area contributed by atoms with Crippen LogP contribution in [0, 0.1) is 0 Å². The topological polar surface area (TPSA) is 18.5 Å². The summed E-state index contributed by atoms with van der Waals surface area (Å²) in [6.07, 6.45) is 2.35. The highest BCUT2D eigenvalue weighted by Crippen LogP contribution is 2.31. The molecule has 2 aromatic rings. The van der Waals surface area contributed by atoms with Crippen LogP contribution in [-0.4, -0.2) is 19.3 Å². The van der Waals surface area contributed by atoms with Gasteiger partial charge in [-0.05, 0) is 29.7 Å². The minimum Gasteiger partial charge on any atom is -0.488 e. The molecule has 3 heteroatoms. The molecule has 2 aromatic carbocycles. The van der Waals surface area contributed by atoms with Gasteiger partial charge in [0.15, 0.2) is 0 Å². The van der Waals surface area contributed by atoms with E-state index in [4.69, 9.17) is 9.47 Å². The predicted molar refractivity (Wildman–Crippen MR) is 81.0 cm³/mol. The van der Waals surface area contributed by atoms with Crippen LogP contribution in [-0.2, 0) is 10.1 Å². The normalized spacial score (nSPS) is 19.5. The van der Waals surface area contributed by atoms with Crippen molar-refractivity contribution in [2.45, 2.75) is 24.3 Å². The van der Waals surface area contributed by atoms with Crippen LogP contribution < -0.4 is 4.74 Å². The number of halogens is 1. The van der Waals surface area contributed by atoms with Gasteiger partial charge in [0.2, 0.25) is 0 Å². The molecule has 1 atom stereocenters. The second-order valence-electron chi connectivity index (χ2n) is 4.85. The lowest BCUT2D eigenvalue weighted by Gasteiger charge is -2.24. The van der Waals surface area contributed by atoms with Crippen LogP contribution in [0.15, 0.2) is 36.4 Å². The van der Waals surface area contributed by atoms with E-state index in [0.29, 0.717) is 6.61 Å². The molecule has 1 fully saturated rings. The quantitative estimate of drug-likeness (QED) is 0.785. The highest BCUT2D eigenvalue weighted by atomic mass is 79.9. The van der Waals surface area contributed by atoms with Gasteiger partial charge in [-0.15, -0.1) is 0 Å². The Bertz CT molecular complexity index is 562. The fourth-order valence-corrected chi connectivity index (χ4v) is 3.13. The van der Waals surface area contributed by atoms with Crippen molar-refractivity contribution in [1.29, 1.82) is 0 Å². The van der Waals surface area contributed by atoms with Crippen LogP contribution in [0.5, 0.6) is 5.75 Å². The molecule has 0 aliphatic carbocycles.